The van der Waals surface area contributed by atoms with Crippen LogP contribution in [0.15, 0.2) is 58.9 Å². The second-order valence-electron chi connectivity index (χ2n) is 9.73. The predicted molar refractivity (Wildman–Crippen MR) is 142 cm³/mol. The summed E-state index contributed by atoms with van der Waals surface area (Å²) in [7, 11) is 1.57. The largest absolute Gasteiger partial charge is 0.416 e. The summed E-state index contributed by atoms with van der Waals surface area (Å²) in [5.41, 5.74) is -1.25. The Hall–Kier alpha value is -4.19. The number of benzene rings is 2. The van der Waals surface area contributed by atoms with E-state index in [0.717, 1.165) is 6.08 Å². The molecule has 1 atom stereocenters. The molecule has 13 heteroatoms. The zero-order chi connectivity index (χ0) is 29.6. The predicted octanol–water partition coefficient (Wildman–Crippen LogP) is 6.08. The van der Waals surface area contributed by atoms with Gasteiger partial charge in [0.05, 0.1) is 28.4 Å². The number of halogens is 6. The van der Waals surface area contributed by atoms with Crippen LogP contribution in [-0.4, -0.2) is 42.8 Å². The van der Waals surface area contributed by atoms with E-state index in [4.69, 9.17) is 11.6 Å². The van der Waals surface area contributed by atoms with Crippen molar-refractivity contribution in [1.29, 1.82) is 0 Å². The Morgan fingerprint density at radius 1 is 1.12 bits per heavy atom. The molecule has 2 heterocycles. The lowest BCUT2D eigenvalue weighted by atomic mass is 9.90. The van der Waals surface area contributed by atoms with Crippen molar-refractivity contribution in [2.75, 3.05) is 30.8 Å². The lowest BCUT2D eigenvalue weighted by molar-refractivity contribution is -0.137. The quantitative estimate of drug-likeness (QED) is 0.377. The third kappa shape index (κ3) is 5.43. The molecule has 0 bridgehead atoms. The van der Waals surface area contributed by atoms with Gasteiger partial charge >= 0.3 is 6.18 Å². The molecule has 2 aromatic carbocycles. The SMILES string of the molecule is CN1CCCNc2c(cc(NC(=O)c3cc(F)cc(C(F)(F)F)c3)c3c2C(=O)NC3C2=C(Cl)C=CC(F)=CC2)C1=O. The molecule has 1 aliphatic carbocycles. The standard InChI is InChI=1S/C28H22ClF5N4O3/c1-38-8-2-7-35-23-18(27(38)41)12-20(36-25(39)13-9-14(28(32,33)34)11-16(31)10-13)21-22(23)26(40)37-24(21)17-5-3-15(30)4-6-19(17)29/h3-4,6,9-12,24,35H,2,5,7-8H2,1H3,(H,36,39)(H,37,40). The minimum Gasteiger partial charge on any atom is -0.384 e. The summed E-state index contributed by atoms with van der Waals surface area (Å²) in [6, 6.07) is 1.73. The number of amides is 3. The molecule has 3 amide bonds. The lowest BCUT2D eigenvalue weighted by Gasteiger charge is -2.26. The van der Waals surface area contributed by atoms with Crippen molar-refractivity contribution in [3.8, 4) is 0 Å². The normalized spacial score (nSPS) is 19.0. The van der Waals surface area contributed by atoms with Gasteiger partial charge in [-0.05, 0) is 60.9 Å². The molecule has 1 unspecified atom stereocenters. The van der Waals surface area contributed by atoms with Crippen LogP contribution in [-0.2, 0) is 6.18 Å². The molecule has 2 aromatic rings. The van der Waals surface area contributed by atoms with Crippen molar-refractivity contribution in [3.05, 3.63) is 92.6 Å². The smallest absolute Gasteiger partial charge is 0.384 e. The minimum atomic E-state index is -4.91. The number of fused-ring (bicyclic) bond motifs is 3. The Kier molecular flexibility index (Phi) is 7.37. The number of nitrogens with zero attached hydrogens (tertiary/aromatic N) is 1. The molecule has 5 rings (SSSR count). The fourth-order valence-corrected chi connectivity index (χ4v) is 5.28. The number of carbonyl (C=O) groups excluding carboxylic acids is 3. The molecule has 7 nitrogen and oxygen atoms in total. The molecule has 2 aliphatic heterocycles. The van der Waals surface area contributed by atoms with E-state index in [2.05, 4.69) is 16.0 Å². The Morgan fingerprint density at radius 2 is 1.88 bits per heavy atom. The van der Waals surface area contributed by atoms with Crippen LogP contribution in [0.1, 0.15) is 61.1 Å². The first kappa shape index (κ1) is 28.3. The Morgan fingerprint density at radius 3 is 2.61 bits per heavy atom. The third-order valence-corrected chi connectivity index (χ3v) is 7.37. The van der Waals surface area contributed by atoms with E-state index in [9.17, 15) is 36.3 Å². The molecule has 0 fully saturated rings. The zero-order valence-electron chi connectivity index (χ0n) is 21.4. The highest BCUT2D eigenvalue weighted by Gasteiger charge is 2.40. The Balaban J connectivity index is 1.69. The van der Waals surface area contributed by atoms with E-state index in [0.29, 0.717) is 37.2 Å². The first-order valence-electron chi connectivity index (χ1n) is 12.5. The molecule has 214 valence electrons. The number of nitrogens with one attached hydrogen (secondary N) is 3. The summed E-state index contributed by atoms with van der Waals surface area (Å²) in [4.78, 5) is 41.4. The van der Waals surface area contributed by atoms with E-state index in [1.807, 2.05) is 0 Å². The monoisotopic (exact) mass is 592 g/mol. The third-order valence-electron chi connectivity index (χ3n) is 7.00. The molecule has 41 heavy (non-hydrogen) atoms. The summed E-state index contributed by atoms with van der Waals surface area (Å²) in [5, 5.41) is 8.49. The van der Waals surface area contributed by atoms with Crippen molar-refractivity contribution >= 4 is 40.7 Å². The topological polar surface area (TPSA) is 90.5 Å². The summed E-state index contributed by atoms with van der Waals surface area (Å²) >= 11 is 6.44. The molecule has 0 radical (unpaired) electrons. The van der Waals surface area contributed by atoms with Gasteiger partial charge in [0.2, 0.25) is 0 Å². The number of rotatable bonds is 3. The van der Waals surface area contributed by atoms with Crippen LogP contribution in [0.5, 0.6) is 0 Å². The molecule has 3 aliphatic rings. The van der Waals surface area contributed by atoms with Crippen molar-refractivity contribution in [3.63, 3.8) is 0 Å². The van der Waals surface area contributed by atoms with Gasteiger partial charge in [-0.1, -0.05) is 11.6 Å². The van der Waals surface area contributed by atoms with E-state index in [1.165, 1.54) is 23.1 Å². The number of hydrogen-bond acceptors (Lipinski definition) is 4. The van der Waals surface area contributed by atoms with E-state index in [1.54, 1.807) is 7.05 Å². The van der Waals surface area contributed by atoms with E-state index < -0.39 is 52.7 Å². The van der Waals surface area contributed by atoms with Crippen molar-refractivity contribution in [1.82, 2.24) is 10.2 Å². The van der Waals surface area contributed by atoms with Crippen LogP contribution in [0.2, 0.25) is 0 Å². The highest BCUT2D eigenvalue weighted by Crippen LogP contribution is 2.45. The van der Waals surface area contributed by atoms with Gasteiger partial charge < -0.3 is 20.9 Å². The first-order chi connectivity index (χ1) is 19.3. The Labute approximate surface area is 235 Å². The molecule has 0 saturated carbocycles. The number of allylic oxidation sites excluding steroid dienone is 5. The zero-order valence-corrected chi connectivity index (χ0v) is 22.1. The molecule has 0 saturated heterocycles. The number of carbonyl (C=O) groups is 3. The van der Waals surface area contributed by atoms with E-state index >= 15 is 0 Å². The average Bonchev–Trinajstić information content (AvgIpc) is 3.15. The fourth-order valence-electron chi connectivity index (χ4n) is 5.03. The maximum atomic E-state index is 14.1. The van der Waals surface area contributed by atoms with Gasteiger partial charge in [-0.3, -0.25) is 14.4 Å². The Bertz CT molecular complexity index is 1580. The van der Waals surface area contributed by atoms with Gasteiger partial charge in [-0.2, -0.15) is 13.2 Å². The minimum absolute atomic E-state index is 0.0134. The molecular formula is C28H22ClF5N4O3. The second-order valence-corrected chi connectivity index (χ2v) is 10.1. The summed E-state index contributed by atoms with van der Waals surface area (Å²) in [5.74, 6) is -4.02. The molecule has 0 aromatic heterocycles. The highest BCUT2D eigenvalue weighted by atomic mass is 35.5. The molecule has 0 spiro atoms. The van der Waals surface area contributed by atoms with Gasteiger partial charge in [0.25, 0.3) is 17.7 Å². The van der Waals surface area contributed by atoms with Crippen LogP contribution >= 0.6 is 11.6 Å². The van der Waals surface area contributed by atoms with Crippen molar-refractivity contribution in [2.24, 2.45) is 0 Å². The maximum absolute atomic E-state index is 14.1. The number of alkyl halides is 3. The number of anilines is 2. The summed E-state index contributed by atoms with van der Waals surface area (Å²) in [6.45, 7) is 0.805. The highest BCUT2D eigenvalue weighted by molar-refractivity contribution is 6.32. The molecular weight excluding hydrogens is 571 g/mol. The van der Waals surface area contributed by atoms with Crippen LogP contribution in [0.4, 0.5) is 33.3 Å². The summed E-state index contributed by atoms with van der Waals surface area (Å²) in [6.07, 6.45) is -0.640. The van der Waals surface area contributed by atoms with Crippen LogP contribution in [0.3, 0.4) is 0 Å². The molecule has 3 N–H and O–H groups in total. The van der Waals surface area contributed by atoms with Gasteiger partial charge in [0, 0.05) is 42.0 Å². The maximum Gasteiger partial charge on any atom is 0.416 e. The van der Waals surface area contributed by atoms with Crippen molar-refractivity contribution in [2.45, 2.75) is 25.1 Å². The van der Waals surface area contributed by atoms with Gasteiger partial charge in [-0.25, -0.2) is 8.78 Å². The van der Waals surface area contributed by atoms with Crippen LogP contribution in [0.25, 0.3) is 0 Å². The fraction of sp³-hybridized carbons (Fsp3) is 0.250. The number of hydrogen-bond donors (Lipinski definition) is 3. The average molecular weight is 593 g/mol. The summed E-state index contributed by atoms with van der Waals surface area (Å²) < 4.78 is 68.0. The van der Waals surface area contributed by atoms with Gasteiger partial charge in [0.15, 0.2) is 0 Å². The van der Waals surface area contributed by atoms with E-state index in [-0.39, 0.29) is 45.6 Å². The van der Waals surface area contributed by atoms with Gasteiger partial charge in [-0.15, -0.1) is 0 Å². The second kappa shape index (κ2) is 10.7. The van der Waals surface area contributed by atoms with Crippen molar-refractivity contribution < 1.29 is 36.3 Å². The van der Waals surface area contributed by atoms with Crippen LogP contribution in [0, 0.1) is 5.82 Å². The van der Waals surface area contributed by atoms with Gasteiger partial charge in [0.1, 0.15) is 11.6 Å². The first-order valence-corrected chi connectivity index (χ1v) is 12.9. The van der Waals surface area contributed by atoms with Crippen LogP contribution < -0.4 is 16.0 Å². The lowest BCUT2D eigenvalue weighted by Crippen LogP contribution is -2.32.